The molecule has 0 aliphatic carbocycles. The summed E-state index contributed by atoms with van der Waals surface area (Å²) in [5.74, 6) is -1.45. The van der Waals surface area contributed by atoms with Crippen LogP contribution in [0, 0.1) is 9.39 Å². The van der Waals surface area contributed by atoms with Crippen molar-refractivity contribution in [2.75, 3.05) is 19.0 Å². The summed E-state index contributed by atoms with van der Waals surface area (Å²) in [7, 11) is 1.42. The number of amides is 3. The van der Waals surface area contributed by atoms with Gasteiger partial charge in [0, 0.05) is 5.69 Å². The lowest BCUT2D eigenvalue weighted by atomic mass is 10.1. The van der Waals surface area contributed by atoms with Crippen molar-refractivity contribution in [2.45, 2.75) is 0 Å². The van der Waals surface area contributed by atoms with Crippen LogP contribution >= 0.6 is 34.8 Å². The predicted molar refractivity (Wildman–Crippen MR) is 123 cm³/mol. The molecule has 31 heavy (non-hydrogen) atoms. The highest BCUT2D eigenvalue weighted by molar-refractivity contribution is 14.1. The highest BCUT2D eigenvalue weighted by Crippen LogP contribution is 2.34. The summed E-state index contributed by atoms with van der Waals surface area (Å²) < 4.78 is 24.5. The van der Waals surface area contributed by atoms with Gasteiger partial charge in [-0.3, -0.25) is 25.0 Å². The van der Waals surface area contributed by atoms with E-state index in [4.69, 9.17) is 21.7 Å². The minimum absolute atomic E-state index is 0.0537. The van der Waals surface area contributed by atoms with Crippen LogP contribution in [0.1, 0.15) is 5.56 Å². The molecule has 2 aromatic rings. The van der Waals surface area contributed by atoms with Crippen LogP contribution in [0.5, 0.6) is 11.5 Å². The summed E-state index contributed by atoms with van der Waals surface area (Å²) in [5, 5.41) is 7.26. The molecule has 0 bridgehead atoms. The second-order valence-corrected chi connectivity index (χ2v) is 7.74. The molecule has 0 saturated carbocycles. The Bertz CT molecular complexity index is 1080. The van der Waals surface area contributed by atoms with Gasteiger partial charge in [-0.2, -0.15) is 0 Å². The van der Waals surface area contributed by atoms with Gasteiger partial charge in [0.05, 0.1) is 10.7 Å². The monoisotopic (exact) mass is 555 g/mol. The molecule has 1 saturated heterocycles. The zero-order valence-electron chi connectivity index (χ0n) is 16.0. The van der Waals surface area contributed by atoms with Crippen molar-refractivity contribution in [1.29, 1.82) is 0 Å². The van der Waals surface area contributed by atoms with Gasteiger partial charge < -0.3 is 14.8 Å². The van der Waals surface area contributed by atoms with Crippen LogP contribution in [0.25, 0.3) is 6.08 Å². The third-order valence-corrected chi connectivity index (χ3v) is 4.99. The lowest BCUT2D eigenvalue weighted by molar-refractivity contribution is -0.123. The lowest BCUT2D eigenvalue weighted by Gasteiger charge is -2.17. The van der Waals surface area contributed by atoms with E-state index in [1.54, 1.807) is 12.1 Å². The second-order valence-electron chi connectivity index (χ2n) is 6.17. The topological polar surface area (TPSA) is 106 Å². The average molecular weight is 555 g/mol. The number of rotatable bonds is 6. The number of hydrogen-bond donors (Lipinski definition) is 3. The number of nitrogens with one attached hydrogen (secondary N) is 3. The highest BCUT2D eigenvalue weighted by atomic mass is 127. The summed E-state index contributed by atoms with van der Waals surface area (Å²) >= 11 is 6.76. The van der Waals surface area contributed by atoms with Crippen LogP contribution in [0.4, 0.5) is 10.1 Å². The van der Waals surface area contributed by atoms with Gasteiger partial charge in [0.15, 0.2) is 23.2 Å². The van der Waals surface area contributed by atoms with E-state index in [0.29, 0.717) is 26.3 Å². The number of anilines is 1. The lowest BCUT2D eigenvalue weighted by Crippen LogP contribution is -2.51. The number of thiocarbonyl (C=S) groups is 1. The smallest absolute Gasteiger partial charge is 0.263 e. The van der Waals surface area contributed by atoms with Crippen LogP contribution in [0.3, 0.4) is 0 Å². The van der Waals surface area contributed by atoms with Gasteiger partial charge in [-0.25, -0.2) is 4.39 Å². The Labute approximate surface area is 195 Å². The molecule has 0 spiro atoms. The molecule has 1 fully saturated rings. The SMILES string of the molecule is COc1cc(C=C2C(=O)NC(=S)NC2=O)cc(I)c1OCC(=O)Nc1ccc(F)cc1. The molecule has 0 radical (unpaired) electrons. The Morgan fingerprint density at radius 2 is 1.84 bits per heavy atom. The van der Waals surface area contributed by atoms with Gasteiger partial charge >= 0.3 is 0 Å². The quantitative estimate of drug-likeness (QED) is 0.219. The molecule has 1 aliphatic heterocycles. The van der Waals surface area contributed by atoms with E-state index >= 15 is 0 Å². The maximum atomic E-state index is 13.0. The molecule has 0 atom stereocenters. The number of methoxy groups -OCH3 is 1. The zero-order valence-corrected chi connectivity index (χ0v) is 18.9. The van der Waals surface area contributed by atoms with E-state index in [2.05, 4.69) is 16.0 Å². The van der Waals surface area contributed by atoms with Crippen LogP contribution in [-0.2, 0) is 14.4 Å². The number of carbonyl (C=O) groups is 3. The second kappa shape index (κ2) is 9.83. The number of carbonyl (C=O) groups excluding carboxylic acids is 3. The first-order chi connectivity index (χ1) is 14.8. The molecule has 0 unspecified atom stereocenters. The number of hydrogen-bond acceptors (Lipinski definition) is 6. The summed E-state index contributed by atoms with van der Waals surface area (Å²) in [5.41, 5.74) is 0.832. The molecule has 0 aromatic heterocycles. The fourth-order valence-corrected chi connectivity index (χ4v) is 3.57. The van der Waals surface area contributed by atoms with E-state index in [0.717, 1.165) is 0 Å². The summed E-state index contributed by atoms with van der Waals surface area (Å²) in [4.78, 5) is 36.2. The Hall–Kier alpha value is -3.06. The zero-order chi connectivity index (χ0) is 22.5. The minimum Gasteiger partial charge on any atom is -0.493 e. The van der Waals surface area contributed by atoms with Crippen molar-refractivity contribution in [3.8, 4) is 11.5 Å². The van der Waals surface area contributed by atoms with Gasteiger partial charge in [-0.15, -0.1) is 0 Å². The van der Waals surface area contributed by atoms with Gasteiger partial charge in [0.2, 0.25) is 0 Å². The van der Waals surface area contributed by atoms with Gasteiger partial charge in [-0.1, -0.05) is 0 Å². The molecule has 1 aliphatic rings. The molecule has 8 nitrogen and oxygen atoms in total. The van der Waals surface area contributed by atoms with Crippen LogP contribution in [0.2, 0.25) is 0 Å². The van der Waals surface area contributed by atoms with Crippen molar-refractivity contribution in [1.82, 2.24) is 10.6 Å². The summed E-state index contributed by atoms with van der Waals surface area (Å²) in [6, 6.07) is 8.56. The van der Waals surface area contributed by atoms with Crippen LogP contribution < -0.4 is 25.4 Å². The van der Waals surface area contributed by atoms with Crippen molar-refractivity contribution < 1.29 is 28.2 Å². The predicted octanol–water partition coefficient (Wildman–Crippen LogP) is 2.37. The molecule has 1 heterocycles. The summed E-state index contributed by atoms with van der Waals surface area (Å²) in [6.45, 7) is -0.313. The van der Waals surface area contributed by atoms with E-state index in [1.807, 2.05) is 22.6 Å². The molecule has 11 heteroatoms. The molecule has 3 amide bonds. The molecule has 2 aromatic carbocycles. The Morgan fingerprint density at radius 3 is 2.45 bits per heavy atom. The fourth-order valence-electron chi connectivity index (χ4n) is 2.60. The third kappa shape index (κ3) is 5.76. The Morgan fingerprint density at radius 1 is 1.19 bits per heavy atom. The van der Waals surface area contributed by atoms with E-state index in [-0.39, 0.29) is 17.3 Å². The van der Waals surface area contributed by atoms with Gasteiger partial charge in [0.25, 0.3) is 17.7 Å². The standard InChI is InChI=1S/C20H15FIN3O5S/c1-29-15-8-10(6-13-18(27)24-20(31)25-19(13)28)7-14(22)17(15)30-9-16(26)23-12-4-2-11(21)3-5-12/h2-8H,9H2,1H3,(H,23,26)(H2,24,25,27,28,31). The average Bonchev–Trinajstić information content (AvgIpc) is 2.71. The largest absolute Gasteiger partial charge is 0.493 e. The van der Waals surface area contributed by atoms with Gasteiger partial charge in [-0.05, 0) is 82.8 Å². The Kier molecular flexibility index (Phi) is 7.17. The van der Waals surface area contributed by atoms with E-state index in [9.17, 15) is 18.8 Å². The van der Waals surface area contributed by atoms with E-state index < -0.39 is 23.5 Å². The van der Waals surface area contributed by atoms with Crippen molar-refractivity contribution in [2.24, 2.45) is 0 Å². The maximum absolute atomic E-state index is 13.0. The number of ether oxygens (including phenoxy) is 2. The van der Waals surface area contributed by atoms with Crippen molar-refractivity contribution >= 4 is 69.4 Å². The fraction of sp³-hybridized carbons (Fsp3) is 0.100. The first-order valence-corrected chi connectivity index (χ1v) is 10.2. The Balaban J connectivity index is 1.75. The number of benzene rings is 2. The van der Waals surface area contributed by atoms with E-state index in [1.165, 1.54) is 37.5 Å². The van der Waals surface area contributed by atoms with Crippen LogP contribution in [-0.4, -0.2) is 36.6 Å². The summed E-state index contributed by atoms with van der Waals surface area (Å²) in [6.07, 6.45) is 1.39. The molecular formula is C20H15FIN3O5S. The first-order valence-electron chi connectivity index (χ1n) is 8.71. The molecular weight excluding hydrogens is 540 g/mol. The van der Waals surface area contributed by atoms with Gasteiger partial charge in [0.1, 0.15) is 11.4 Å². The molecule has 3 N–H and O–H groups in total. The van der Waals surface area contributed by atoms with Crippen molar-refractivity contribution in [3.05, 3.63) is 56.9 Å². The first kappa shape index (κ1) is 22.6. The van der Waals surface area contributed by atoms with Crippen molar-refractivity contribution in [3.63, 3.8) is 0 Å². The number of halogens is 2. The minimum atomic E-state index is -0.611. The third-order valence-electron chi connectivity index (χ3n) is 3.98. The normalized spacial score (nSPS) is 13.3. The maximum Gasteiger partial charge on any atom is 0.263 e. The molecule has 160 valence electrons. The highest BCUT2D eigenvalue weighted by Gasteiger charge is 2.26. The molecule has 3 rings (SSSR count). The van der Waals surface area contributed by atoms with Crippen LogP contribution in [0.15, 0.2) is 42.0 Å².